The Balaban J connectivity index is 2.53. The Labute approximate surface area is 210 Å². The Morgan fingerprint density at radius 1 is 0.529 bits per heavy atom. The standard InChI is InChI=1S/C33H50O/c1-23(2)15-19-27-11-9-13-31(29(27)21-17-25(5)6)33(34)32-14-10-12-28(20-16-24(3)4)30(32)22-18-26(7)8/h9-14,23-26H,15-22H2,1-8H3. The topological polar surface area (TPSA) is 17.1 Å². The van der Waals surface area contributed by atoms with Crippen molar-refractivity contribution in [2.24, 2.45) is 23.7 Å². The Hall–Kier alpha value is -1.89. The van der Waals surface area contributed by atoms with Gasteiger partial charge in [-0.25, -0.2) is 0 Å². The Morgan fingerprint density at radius 2 is 0.853 bits per heavy atom. The summed E-state index contributed by atoms with van der Waals surface area (Å²) in [7, 11) is 0. The number of aryl methyl sites for hydroxylation is 2. The minimum absolute atomic E-state index is 0.232. The molecule has 0 N–H and O–H groups in total. The van der Waals surface area contributed by atoms with E-state index in [1.54, 1.807) is 0 Å². The molecule has 0 unspecified atom stereocenters. The lowest BCUT2D eigenvalue weighted by Gasteiger charge is -2.19. The molecular formula is C33H50O. The predicted octanol–water partition coefficient (Wildman–Crippen LogP) is 9.27. The zero-order valence-corrected chi connectivity index (χ0v) is 23.3. The molecule has 1 heteroatoms. The highest BCUT2D eigenvalue weighted by atomic mass is 16.1. The van der Waals surface area contributed by atoms with Gasteiger partial charge in [0.25, 0.3) is 0 Å². The second-order valence-corrected chi connectivity index (χ2v) is 11.9. The maximum Gasteiger partial charge on any atom is 0.193 e. The van der Waals surface area contributed by atoms with Crippen LogP contribution < -0.4 is 0 Å². The third-order valence-corrected chi connectivity index (χ3v) is 6.96. The average molecular weight is 463 g/mol. The van der Waals surface area contributed by atoms with Gasteiger partial charge in [0.05, 0.1) is 0 Å². The van der Waals surface area contributed by atoms with Gasteiger partial charge >= 0.3 is 0 Å². The number of hydrogen-bond acceptors (Lipinski definition) is 1. The van der Waals surface area contributed by atoms with E-state index in [1.165, 1.54) is 22.3 Å². The summed E-state index contributed by atoms with van der Waals surface area (Å²) in [6, 6.07) is 12.9. The first-order valence-corrected chi connectivity index (χ1v) is 13.9. The van der Waals surface area contributed by atoms with Crippen LogP contribution in [0.15, 0.2) is 36.4 Å². The molecule has 0 amide bonds. The first-order chi connectivity index (χ1) is 16.1. The largest absolute Gasteiger partial charge is 0.289 e. The van der Waals surface area contributed by atoms with Crippen molar-refractivity contribution >= 4 is 5.78 Å². The van der Waals surface area contributed by atoms with E-state index in [-0.39, 0.29) is 5.78 Å². The minimum Gasteiger partial charge on any atom is -0.289 e. The second kappa shape index (κ2) is 13.9. The highest BCUT2D eigenvalue weighted by Gasteiger charge is 2.21. The number of rotatable bonds is 14. The quantitative estimate of drug-likeness (QED) is 0.256. The zero-order valence-electron chi connectivity index (χ0n) is 23.3. The van der Waals surface area contributed by atoms with E-state index in [1.807, 2.05) is 0 Å². The van der Waals surface area contributed by atoms with Crippen molar-refractivity contribution in [2.75, 3.05) is 0 Å². The monoisotopic (exact) mass is 462 g/mol. The van der Waals surface area contributed by atoms with Gasteiger partial charge in [-0.2, -0.15) is 0 Å². The third-order valence-electron chi connectivity index (χ3n) is 6.96. The van der Waals surface area contributed by atoms with E-state index in [0.29, 0.717) is 23.7 Å². The van der Waals surface area contributed by atoms with E-state index in [2.05, 4.69) is 91.8 Å². The highest BCUT2D eigenvalue weighted by Crippen LogP contribution is 2.28. The van der Waals surface area contributed by atoms with Gasteiger partial charge in [-0.1, -0.05) is 91.8 Å². The van der Waals surface area contributed by atoms with E-state index in [9.17, 15) is 4.79 Å². The summed E-state index contributed by atoms with van der Waals surface area (Å²) < 4.78 is 0. The summed E-state index contributed by atoms with van der Waals surface area (Å²) in [5.41, 5.74) is 7.22. The Bertz CT molecular complexity index is 827. The van der Waals surface area contributed by atoms with E-state index >= 15 is 0 Å². The molecule has 0 spiro atoms. The molecular weight excluding hydrogens is 412 g/mol. The van der Waals surface area contributed by atoms with Crippen LogP contribution in [0.1, 0.15) is 119 Å². The third kappa shape index (κ3) is 8.71. The van der Waals surface area contributed by atoms with Crippen molar-refractivity contribution in [3.63, 3.8) is 0 Å². The van der Waals surface area contributed by atoms with Gasteiger partial charge in [-0.15, -0.1) is 0 Å². The molecule has 1 nitrogen and oxygen atoms in total. The molecule has 0 fully saturated rings. The molecule has 0 saturated heterocycles. The molecule has 34 heavy (non-hydrogen) atoms. The van der Waals surface area contributed by atoms with E-state index in [4.69, 9.17) is 0 Å². The summed E-state index contributed by atoms with van der Waals surface area (Å²) >= 11 is 0. The summed E-state index contributed by atoms with van der Waals surface area (Å²) in [6.45, 7) is 18.2. The van der Waals surface area contributed by atoms with Gasteiger partial charge in [-0.05, 0) is 97.3 Å². The van der Waals surface area contributed by atoms with Crippen molar-refractivity contribution in [3.05, 3.63) is 69.8 Å². The van der Waals surface area contributed by atoms with Crippen LogP contribution in [0.2, 0.25) is 0 Å². The molecule has 2 aromatic rings. The number of benzene rings is 2. The SMILES string of the molecule is CC(C)CCc1cccc(C(=O)c2cccc(CCC(C)C)c2CCC(C)C)c1CCC(C)C. The lowest BCUT2D eigenvalue weighted by Crippen LogP contribution is -2.13. The maximum absolute atomic E-state index is 14.2. The summed E-state index contributed by atoms with van der Waals surface area (Å²) in [4.78, 5) is 14.2. The van der Waals surface area contributed by atoms with Crippen molar-refractivity contribution < 1.29 is 4.79 Å². The minimum atomic E-state index is 0.232. The summed E-state index contributed by atoms with van der Waals surface area (Å²) in [6.07, 6.45) is 8.65. The normalized spacial score (nSPS) is 11.9. The summed E-state index contributed by atoms with van der Waals surface area (Å²) in [5.74, 6) is 2.81. The van der Waals surface area contributed by atoms with Gasteiger partial charge in [0.1, 0.15) is 0 Å². The lowest BCUT2D eigenvalue weighted by molar-refractivity contribution is 0.103. The molecule has 0 aromatic heterocycles. The van der Waals surface area contributed by atoms with Gasteiger partial charge in [-0.3, -0.25) is 4.79 Å². The number of carbonyl (C=O) groups is 1. The highest BCUT2D eigenvalue weighted by molar-refractivity contribution is 6.11. The molecule has 0 heterocycles. The van der Waals surface area contributed by atoms with Crippen LogP contribution in [-0.4, -0.2) is 5.78 Å². The van der Waals surface area contributed by atoms with Crippen LogP contribution >= 0.6 is 0 Å². The molecule has 0 radical (unpaired) electrons. The van der Waals surface area contributed by atoms with Crippen LogP contribution in [0.4, 0.5) is 0 Å². The Kier molecular flexibility index (Phi) is 11.6. The van der Waals surface area contributed by atoms with Crippen molar-refractivity contribution in [2.45, 2.75) is 107 Å². The first kappa shape index (κ1) is 28.3. The van der Waals surface area contributed by atoms with Gasteiger partial charge in [0.2, 0.25) is 0 Å². The van der Waals surface area contributed by atoms with Crippen LogP contribution in [0, 0.1) is 23.7 Å². The lowest BCUT2D eigenvalue weighted by atomic mass is 9.84. The molecule has 0 aliphatic heterocycles. The zero-order chi connectivity index (χ0) is 25.3. The maximum atomic E-state index is 14.2. The van der Waals surface area contributed by atoms with E-state index < -0.39 is 0 Å². The fourth-order valence-electron chi connectivity index (χ4n) is 4.65. The van der Waals surface area contributed by atoms with Crippen LogP contribution in [0.25, 0.3) is 0 Å². The van der Waals surface area contributed by atoms with Gasteiger partial charge < -0.3 is 0 Å². The molecule has 188 valence electrons. The molecule has 0 atom stereocenters. The molecule has 2 aromatic carbocycles. The summed E-state index contributed by atoms with van der Waals surface area (Å²) in [5, 5.41) is 0. The van der Waals surface area contributed by atoms with Gasteiger partial charge in [0.15, 0.2) is 5.78 Å². The predicted molar refractivity (Wildman–Crippen MR) is 149 cm³/mol. The molecule has 0 saturated carbocycles. The van der Waals surface area contributed by atoms with Crippen molar-refractivity contribution in [1.82, 2.24) is 0 Å². The fourth-order valence-corrected chi connectivity index (χ4v) is 4.65. The smallest absolute Gasteiger partial charge is 0.193 e. The second-order valence-electron chi connectivity index (χ2n) is 11.9. The van der Waals surface area contributed by atoms with Crippen molar-refractivity contribution in [3.8, 4) is 0 Å². The average Bonchev–Trinajstić information content (AvgIpc) is 2.78. The number of carbonyl (C=O) groups excluding carboxylic acids is 1. The molecule has 0 aliphatic carbocycles. The van der Waals surface area contributed by atoms with Crippen molar-refractivity contribution in [1.29, 1.82) is 0 Å². The Morgan fingerprint density at radius 3 is 1.18 bits per heavy atom. The number of hydrogen-bond donors (Lipinski definition) is 0. The van der Waals surface area contributed by atoms with Gasteiger partial charge in [0, 0.05) is 11.1 Å². The number of ketones is 1. The fraction of sp³-hybridized carbons (Fsp3) is 0.606. The molecule has 0 bridgehead atoms. The molecule has 2 rings (SSSR count). The molecule has 0 aliphatic rings. The van der Waals surface area contributed by atoms with Crippen LogP contribution in [0.5, 0.6) is 0 Å². The van der Waals surface area contributed by atoms with E-state index in [0.717, 1.165) is 62.5 Å². The first-order valence-electron chi connectivity index (χ1n) is 13.9. The van der Waals surface area contributed by atoms with Crippen LogP contribution in [-0.2, 0) is 25.7 Å². The van der Waals surface area contributed by atoms with Crippen LogP contribution in [0.3, 0.4) is 0 Å².